The molecule has 0 aliphatic heterocycles. The Bertz CT molecular complexity index is 440. The lowest BCUT2D eigenvalue weighted by Gasteiger charge is -2.13. The average Bonchev–Trinajstić information content (AvgIpc) is 2.92. The molecule has 0 radical (unpaired) electrons. The highest BCUT2D eigenvalue weighted by Crippen LogP contribution is 2.28. The van der Waals surface area contributed by atoms with Crippen molar-refractivity contribution in [2.45, 2.75) is 32.1 Å². The van der Waals surface area contributed by atoms with Gasteiger partial charge in [-0.05, 0) is 30.5 Å². The quantitative estimate of drug-likeness (QED) is 0.632. The maximum atomic E-state index is 11.7. The lowest BCUT2D eigenvalue weighted by atomic mass is 10.0. The van der Waals surface area contributed by atoms with E-state index in [1.807, 2.05) is 6.07 Å². The van der Waals surface area contributed by atoms with Crippen LogP contribution in [0.5, 0.6) is 0 Å². The fourth-order valence-corrected chi connectivity index (χ4v) is 2.70. The zero-order valence-electron chi connectivity index (χ0n) is 11.4. The van der Waals surface area contributed by atoms with Gasteiger partial charge in [0.1, 0.15) is 0 Å². The second kappa shape index (κ2) is 6.45. The van der Waals surface area contributed by atoms with Crippen LogP contribution in [0, 0.1) is 5.92 Å². The van der Waals surface area contributed by atoms with Gasteiger partial charge in [-0.2, -0.15) is 0 Å². The van der Waals surface area contributed by atoms with Crippen LogP contribution in [-0.2, 0) is 4.74 Å². The van der Waals surface area contributed by atoms with Crippen LogP contribution >= 0.6 is 0 Å². The van der Waals surface area contributed by atoms with E-state index in [0.717, 1.165) is 24.6 Å². The molecule has 4 heteroatoms. The van der Waals surface area contributed by atoms with Gasteiger partial charge in [0.15, 0.2) is 0 Å². The first-order valence-electron chi connectivity index (χ1n) is 6.92. The van der Waals surface area contributed by atoms with Crippen LogP contribution < -0.4 is 11.1 Å². The Balaban J connectivity index is 1.96. The van der Waals surface area contributed by atoms with Gasteiger partial charge in [-0.25, -0.2) is 4.79 Å². The van der Waals surface area contributed by atoms with Crippen molar-refractivity contribution >= 4 is 17.3 Å². The van der Waals surface area contributed by atoms with Crippen LogP contribution in [0.1, 0.15) is 42.5 Å². The molecular formula is C15H22N2O2. The second-order valence-corrected chi connectivity index (χ2v) is 5.16. The number of hydrogen-bond acceptors (Lipinski definition) is 4. The van der Waals surface area contributed by atoms with Gasteiger partial charge in [0.05, 0.1) is 12.7 Å². The zero-order valence-corrected chi connectivity index (χ0v) is 11.4. The molecule has 1 aliphatic carbocycles. The molecule has 1 saturated carbocycles. The fraction of sp³-hybridized carbons (Fsp3) is 0.533. The molecule has 4 nitrogen and oxygen atoms in total. The average molecular weight is 262 g/mol. The van der Waals surface area contributed by atoms with Gasteiger partial charge in [0.25, 0.3) is 0 Å². The highest BCUT2D eigenvalue weighted by Gasteiger charge is 2.15. The van der Waals surface area contributed by atoms with E-state index in [0.29, 0.717) is 11.3 Å². The molecule has 1 fully saturated rings. The van der Waals surface area contributed by atoms with Crippen molar-refractivity contribution in [2.75, 3.05) is 24.7 Å². The number of carbonyl (C=O) groups excluding carboxylic acids is 1. The summed E-state index contributed by atoms with van der Waals surface area (Å²) in [4.78, 5) is 11.7. The molecule has 19 heavy (non-hydrogen) atoms. The minimum Gasteiger partial charge on any atom is -0.465 e. The second-order valence-electron chi connectivity index (χ2n) is 5.16. The monoisotopic (exact) mass is 262 g/mol. The molecule has 3 N–H and O–H groups in total. The molecule has 0 spiro atoms. The maximum absolute atomic E-state index is 11.7. The van der Waals surface area contributed by atoms with Gasteiger partial charge in [-0.3, -0.25) is 0 Å². The van der Waals surface area contributed by atoms with Crippen molar-refractivity contribution in [2.24, 2.45) is 5.92 Å². The van der Waals surface area contributed by atoms with Gasteiger partial charge in [-0.1, -0.05) is 25.7 Å². The molecule has 0 saturated heterocycles. The van der Waals surface area contributed by atoms with Gasteiger partial charge in [-0.15, -0.1) is 0 Å². The molecule has 2 rings (SSSR count). The summed E-state index contributed by atoms with van der Waals surface area (Å²) >= 11 is 0. The summed E-state index contributed by atoms with van der Waals surface area (Å²) in [6.45, 7) is 0.887. The van der Waals surface area contributed by atoms with Crippen molar-refractivity contribution in [3.05, 3.63) is 23.8 Å². The Hall–Kier alpha value is -1.71. The largest absolute Gasteiger partial charge is 0.465 e. The van der Waals surface area contributed by atoms with Crippen molar-refractivity contribution in [1.82, 2.24) is 0 Å². The Morgan fingerprint density at radius 3 is 2.84 bits per heavy atom. The first-order valence-corrected chi connectivity index (χ1v) is 6.92. The summed E-state index contributed by atoms with van der Waals surface area (Å²) in [6, 6.07) is 5.30. The van der Waals surface area contributed by atoms with Crippen molar-refractivity contribution in [3.8, 4) is 0 Å². The minimum atomic E-state index is -0.351. The van der Waals surface area contributed by atoms with E-state index in [2.05, 4.69) is 5.32 Å². The fourth-order valence-electron chi connectivity index (χ4n) is 2.70. The topological polar surface area (TPSA) is 64.3 Å². The molecule has 0 atom stereocenters. The summed E-state index contributed by atoms with van der Waals surface area (Å²) in [5, 5.41) is 3.33. The number of nitrogens with one attached hydrogen (secondary N) is 1. The van der Waals surface area contributed by atoms with Crippen LogP contribution in [0.4, 0.5) is 11.4 Å². The number of rotatable bonds is 5. The summed E-state index contributed by atoms with van der Waals surface area (Å²) in [6.07, 6.45) is 6.56. The minimum absolute atomic E-state index is 0.351. The Labute approximate surface area is 114 Å². The molecule has 0 unspecified atom stereocenters. The predicted molar refractivity (Wildman–Crippen MR) is 77.3 cm³/mol. The van der Waals surface area contributed by atoms with Crippen LogP contribution in [0.3, 0.4) is 0 Å². The summed E-state index contributed by atoms with van der Waals surface area (Å²) in [7, 11) is 1.38. The standard InChI is InChI=1S/C15H22N2O2/c1-19-15(18)13-10-12(16)6-7-14(13)17-9-8-11-4-2-3-5-11/h6-7,10-11,17H,2-5,8-9,16H2,1H3. The lowest BCUT2D eigenvalue weighted by Crippen LogP contribution is -2.11. The number of benzene rings is 1. The van der Waals surface area contributed by atoms with E-state index < -0.39 is 0 Å². The van der Waals surface area contributed by atoms with Gasteiger partial charge in [0, 0.05) is 17.9 Å². The summed E-state index contributed by atoms with van der Waals surface area (Å²) in [5.74, 6) is 0.485. The Morgan fingerprint density at radius 1 is 1.42 bits per heavy atom. The van der Waals surface area contributed by atoms with Gasteiger partial charge < -0.3 is 15.8 Å². The Morgan fingerprint density at radius 2 is 2.16 bits per heavy atom. The van der Waals surface area contributed by atoms with Gasteiger partial charge >= 0.3 is 5.97 Å². The number of ether oxygens (including phenoxy) is 1. The van der Waals surface area contributed by atoms with Crippen molar-refractivity contribution in [1.29, 1.82) is 0 Å². The molecule has 0 bridgehead atoms. The number of carbonyl (C=O) groups is 1. The maximum Gasteiger partial charge on any atom is 0.340 e. The summed E-state index contributed by atoms with van der Waals surface area (Å²) < 4.78 is 4.78. The van der Waals surface area contributed by atoms with E-state index in [1.165, 1.54) is 32.8 Å². The third kappa shape index (κ3) is 3.63. The highest BCUT2D eigenvalue weighted by atomic mass is 16.5. The van der Waals surface area contributed by atoms with Crippen molar-refractivity contribution in [3.63, 3.8) is 0 Å². The molecule has 104 valence electrons. The van der Waals surface area contributed by atoms with Crippen LogP contribution in [0.15, 0.2) is 18.2 Å². The third-order valence-corrected chi connectivity index (χ3v) is 3.79. The van der Waals surface area contributed by atoms with Crippen LogP contribution in [0.2, 0.25) is 0 Å². The molecular weight excluding hydrogens is 240 g/mol. The highest BCUT2D eigenvalue weighted by molar-refractivity contribution is 5.96. The van der Waals surface area contributed by atoms with Crippen LogP contribution in [-0.4, -0.2) is 19.6 Å². The number of hydrogen-bond donors (Lipinski definition) is 2. The van der Waals surface area contributed by atoms with Crippen LogP contribution in [0.25, 0.3) is 0 Å². The number of methoxy groups -OCH3 is 1. The third-order valence-electron chi connectivity index (χ3n) is 3.79. The smallest absolute Gasteiger partial charge is 0.340 e. The Kier molecular flexibility index (Phi) is 4.66. The summed E-state index contributed by atoms with van der Waals surface area (Å²) in [5.41, 5.74) is 7.60. The lowest BCUT2D eigenvalue weighted by molar-refractivity contribution is 0.0602. The van der Waals surface area contributed by atoms with Crippen molar-refractivity contribution < 1.29 is 9.53 Å². The van der Waals surface area contributed by atoms with E-state index in [9.17, 15) is 4.79 Å². The van der Waals surface area contributed by atoms with E-state index in [1.54, 1.807) is 12.1 Å². The van der Waals surface area contributed by atoms with E-state index in [4.69, 9.17) is 10.5 Å². The van der Waals surface area contributed by atoms with E-state index >= 15 is 0 Å². The molecule has 0 heterocycles. The SMILES string of the molecule is COC(=O)c1cc(N)ccc1NCCC1CCCC1. The normalized spacial score (nSPS) is 15.4. The number of nitrogens with two attached hydrogens (primary N) is 1. The molecule has 1 aromatic carbocycles. The first-order chi connectivity index (χ1) is 9.20. The molecule has 1 aromatic rings. The van der Waals surface area contributed by atoms with E-state index in [-0.39, 0.29) is 5.97 Å². The molecule has 0 amide bonds. The number of esters is 1. The zero-order chi connectivity index (χ0) is 13.7. The number of anilines is 2. The van der Waals surface area contributed by atoms with Gasteiger partial charge in [0.2, 0.25) is 0 Å². The number of nitrogen functional groups attached to an aromatic ring is 1. The predicted octanol–water partition coefficient (Wildman–Crippen LogP) is 3.05. The molecule has 1 aliphatic rings. The first kappa shape index (κ1) is 13.7. The molecule has 0 aromatic heterocycles.